The Hall–Kier alpha value is -0.610. The number of hydrogen-bond donors (Lipinski definition) is 2. The average Bonchev–Trinajstić information content (AvgIpc) is 2.54. The van der Waals surface area contributed by atoms with Crippen LogP contribution >= 0.6 is 0 Å². The summed E-state index contributed by atoms with van der Waals surface area (Å²) in [5.74, 6) is 0.167. The Morgan fingerprint density at radius 2 is 2.42 bits per heavy atom. The lowest BCUT2D eigenvalue weighted by molar-refractivity contribution is -0.121. The van der Waals surface area contributed by atoms with Gasteiger partial charge in [-0.05, 0) is 19.4 Å². The quantitative estimate of drug-likeness (QED) is 0.555. The number of hydrazine groups is 1. The molecule has 0 aromatic carbocycles. The normalized spacial score (nSPS) is 32.0. The first-order valence-corrected chi connectivity index (χ1v) is 4.63. The highest BCUT2D eigenvalue weighted by Gasteiger charge is 2.26. The van der Waals surface area contributed by atoms with E-state index in [0.717, 1.165) is 19.6 Å². The molecule has 1 unspecified atom stereocenters. The van der Waals surface area contributed by atoms with Gasteiger partial charge in [0.25, 0.3) is 0 Å². The van der Waals surface area contributed by atoms with Crippen LogP contribution in [0.5, 0.6) is 0 Å². The van der Waals surface area contributed by atoms with Crippen molar-refractivity contribution in [2.45, 2.75) is 25.3 Å². The van der Waals surface area contributed by atoms with E-state index in [1.54, 1.807) is 0 Å². The van der Waals surface area contributed by atoms with Gasteiger partial charge in [-0.1, -0.05) is 0 Å². The van der Waals surface area contributed by atoms with Crippen molar-refractivity contribution in [1.29, 1.82) is 0 Å². The summed E-state index contributed by atoms with van der Waals surface area (Å²) in [6.07, 6.45) is 3.08. The molecular formula is C8H15N3O. The number of hydrogen-bond acceptors (Lipinski definition) is 3. The van der Waals surface area contributed by atoms with E-state index < -0.39 is 0 Å². The van der Waals surface area contributed by atoms with Gasteiger partial charge < -0.3 is 5.32 Å². The van der Waals surface area contributed by atoms with E-state index in [2.05, 4.69) is 15.8 Å². The van der Waals surface area contributed by atoms with E-state index in [9.17, 15) is 4.79 Å². The molecule has 0 aromatic rings. The first kappa shape index (κ1) is 8.01. The molecule has 68 valence electrons. The molecule has 2 aliphatic heterocycles. The van der Waals surface area contributed by atoms with E-state index in [-0.39, 0.29) is 5.91 Å². The number of nitrogens with zero attached hydrogens (tertiary/aromatic N) is 1. The summed E-state index contributed by atoms with van der Waals surface area (Å²) >= 11 is 0. The molecule has 2 rings (SSSR count). The van der Waals surface area contributed by atoms with Gasteiger partial charge in [-0.3, -0.25) is 10.2 Å². The van der Waals surface area contributed by atoms with Crippen molar-refractivity contribution in [2.24, 2.45) is 0 Å². The summed E-state index contributed by atoms with van der Waals surface area (Å²) in [6, 6.07) is 0.519. The fourth-order valence-electron chi connectivity index (χ4n) is 1.87. The van der Waals surface area contributed by atoms with Crippen LogP contribution in [0.4, 0.5) is 0 Å². The van der Waals surface area contributed by atoms with E-state index >= 15 is 0 Å². The Morgan fingerprint density at radius 1 is 1.50 bits per heavy atom. The van der Waals surface area contributed by atoms with E-state index in [1.807, 2.05) is 0 Å². The van der Waals surface area contributed by atoms with Crippen LogP contribution in [0.25, 0.3) is 0 Å². The Balaban J connectivity index is 1.86. The molecular weight excluding hydrogens is 154 g/mol. The van der Waals surface area contributed by atoms with Crippen LogP contribution in [0.1, 0.15) is 19.3 Å². The third-order valence-electron chi connectivity index (χ3n) is 2.56. The number of piperidine rings is 1. The highest BCUT2D eigenvalue weighted by Crippen LogP contribution is 2.11. The van der Waals surface area contributed by atoms with Gasteiger partial charge in [0.15, 0.2) is 0 Å². The van der Waals surface area contributed by atoms with Crippen molar-refractivity contribution in [2.75, 3.05) is 19.6 Å². The molecule has 4 nitrogen and oxygen atoms in total. The Bertz CT molecular complexity index is 177. The Morgan fingerprint density at radius 3 is 3.00 bits per heavy atom. The molecule has 1 atom stereocenters. The van der Waals surface area contributed by atoms with Crippen LogP contribution in [0.2, 0.25) is 0 Å². The first-order chi connectivity index (χ1) is 5.86. The summed E-state index contributed by atoms with van der Waals surface area (Å²) in [7, 11) is 0. The maximum Gasteiger partial charge on any atom is 0.235 e. The van der Waals surface area contributed by atoms with Crippen molar-refractivity contribution < 1.29 is 4.79 Å². The van der Waals surface area contributed by atoms with Gasteiger partial charge in [0.2, 0.25) is 5.91 Å². The molecule has 0 aromatic heterocycles. The van der Waals surface area contributed by atoms with E-state index in [4.69, 9.17) is 0 Å². The minimum Gasteiger partial charge on any atom is -0.315 e. The first-order valence-electron chi connectivity index (χ1n) is 4.63. The molecule has 0 spiro atoms. The van der Waals surface area contributed by atoms with Crippen LogP contribution in [0, 0.1) is 0 Å². The fourth-order valence-corrected chi connectivity index (χ4v) is 1.87. The molecule has 1 amide bonds. The highest BCUT2D eigenvalue weighted by atomic mass is 16.2. The number of carbonyl (C=O) groups excluding carboxylic acids is 1. The zero-order chi connectivity index (χ0) is 8.39. The van der Waals surface area contributed by atoms with Crippen molar-refractivity contribution in [3.63, 3.8) is 0 Å². The molecule has 0 bridgehead atoms. The molecule has 2 N–H and O–H groups in total. The summed E-state index contributed by atoms with van der Waals surface area (Å²) in [5.41, 5.74) is 2.88. The van der Waals surface area contributed by atoms with Gasteiger partial charge in [-0.2, -0.15) is 0 Å². The third-order valence-corrected chi connectivity index (χ3v) is 2.56. The summed E-state index contributed by atoms with van der Waals surface area (Å²) < 4.78 is 0. The fraction of sp³-hybridized carbons (Fsp3) is 0.875. The molecule has 2 heterocycles. The smallest absolute Gasteiger partial charge is 0.235 e. The van der Waals surface area contributed by atoms with Crippen molar-refractivity contribution in [3.05, 3.63) is 0 Å². The number of rotatable bonds is 1. The molecule has 0 radical (unpaired) electrons. The van der Waals surface area contributed by atoms with Crippen LogP contribution in [-0.2, 0) is 4.79 Å². The Labute approximate surface area is 72.3 Å². The average molecular weight is 169 g/mol. The van der Waals surface area contributed by atoms with Gasteiger partial charge in [-0.25, -0.2) is 5.01 Å². The van der Waals surface area contributed by atoms with Gasteiger partial charge in [0.05, 0.1) is 0 Å². The molecule has 2 aliphatic rings. The minimum atomic E-state index is 0.167. The van der Waals surface area contributed by atoms with Crippen LogP contribution in [-0.4, -0.2) is 36.6 Å². The topological polar surface area (TPSA) is 44.4 Å². The lowest BCUT2D eigenvalue weighted by atomic mass is 10.1. The maximum atomic E-state index is 10.9. The van der Waals surface area contributed by atoms with Gasteiger partial charge in [-0.15, -0.1) is 0 Å². The summed E-state index contributed by atoms with van der Waals surface area (Å²) in [6.45, 7) is 3.02. The summed E-state index contributed by atoms with van der Waals surface area (Å²) in [5, 5.41) is 5.41. The van der Waals surface area contributed by atoms with E-state index in [1.165, 1.54) is 12.8 Å². The lowest BCUT2D eigenvalue weighted by Gasteiger charge is -2.30. The zero-order valence-corrected chi connectivity index (χ0v) is 7.18. The second kappa shape index (κ2) is 3.41. The molecule has 0 aliphatic carbocycles. The maximum absolute atomic E-state index is 10.9. The lowest BCUT2D eigenvalue weighted by Crippen LogP contribution is -2.49. The molecule has 12 heavy (non-hydrogen) atoms. The van der Waals surface area contributed by atoms with Crippen molar-refractivity contribution in [3.8, 4) is 0 Å². The van der Waals surface area contributed by atoms with Crippen LogP contribution in [0.15, 0.2) is 0 Å². The predicted molar refractivity (Wildman–Crippen MR) is 45.4 cm³/mol. The largest absolute Gasteiger partial charge is 0.315 e. The Kier molecular flexibility index (Phi) is 2.28. The van der Waals surface area contributed by atoms with E-state index in [0.29, 0.717) is 12.5 Å². The third kappa shape index (κ3) is 1.59. The SMILES string of the molecule is O=C1CCN(C2CCCNC2)N1. The number of nitrogens with one attached hydrogen (secondary N) is 2. The van der Waals surface area contributed by atoms with Crippen molar-refractivity contribution >= 4 is 5.91 Å². The molecule has 0 saturated carbocycles. The second-order valence-electron chi connectivity index (χ2n) is 3.48. The van der Waals surface area contributed by atoms with Gasteiger partial charge in [0.1, 0.15) is 0 Å². The summed E-state index contributed by atoms with van der Waals surface area (Å²) in [4.78, 5) is 10.9. The standard InChI is InChI=1S/C8H15N3O/c12-8-3-5-11(10-8)7-2-1-4-9-6-7/h7,9H,1-6H2,(H,10,12). The van der Waals surface area contributed by atoms with Gasteiger partial charge >= 0.3 is 0 Å². The predicted octanol–water partition coefficient (Wildman–Crippen LogP) is -0.525. The van der Waals surface area contributed by atoms with Gasteiger partial charge in [0, 0.05) is 25.6 Å². The van der Waals surface area contributed by atoms with Crippen LogP contribution in [0.3, 0.4) is 0 Å². The van der Waals surface area contributed by atoms with Crippen molar-refractivity contribution in [1.82, 2.24) is 15.8 Å². The zero-order valence-electron chi connectivity index (χ0n) is 7.18. The minimum absolute atomic E-state index is 0.167. The monoisotopic (exact) mass is 169 g/mol. The number of amides is 1. The molecule has 2 saturated heterocycles. The number of carbonyl (C=O) groups is 1. The molecule has 4 heteroatoms. The molecule has 2 fully saturated rings. The highest BCUT2D eigenvalue weighted by molar-refractivity contribution is 5.77. The second-order valence-corrected chi connectivity index (χ2v) is 3.48. The van der Waals surface area contributed by atoms with Crippen LogP contribution < -0.4 is 10.7 Å².